The monoisotopic (exact) mass is 506 g/mol. The Labute approximate surface area is 200 Å². The van der Waals surface area contributed by atoms with Crippen molar-refractivity contribution in [3.05, 3.63) is 80.6 Å². The molecule has 1 atom stereocenters. The van der Waals surface area contributed by atoms with Gasteiger partial charge < -0.3 is 14.4 Å². The van der Waals surface area contributed by atoms with Gasteiger partial charge in [0.05, 0.1) is 18.1 Å². The molecule has 0 radical (unpaired) electrons. The number of amides is 1. The second-order valence-corrected chi connectivity index (χ2v) is 10.3. The minimum Gasteiger partial charge on any atom is -0.332 e. The first-order chi connectivity index (χ1) is 16.2. The number of benzene rings is 2. The maximum Gasteiger partial charge on any atom is 0.347 e. The molecule has 0 spiro atoms. The number of hydrogen-bond acceptors (Lipinski definition) is 7. The molecule has 0 aliphatic heterocycles. The van der Waals surface area contributed by atoms with Crippen LogP contribution in [0.25, 0.3) is 16.2 Å². The molecule has 3 aromatic rings. The molecule has 2 aromatic carbocycles. The van der Waals surface area contributed by atoms with Crippen LogP contribution in [0, 0.1) is 22.9 Å². The van der Waals surface area contributed by atoms with Gasteiger partial charge in [0.2, 0.25) is 11.7 Å². The number of nitrogens with zero attached hydrogens (tertiary/aromatic N) is 1. The van der Waals surface area contributed by atoms with Crippen LogP contribution in [-0.4, -0.2) is 24.0 Å². The van der Waals surface area contributed by atoms with Crippen molar-refractivity contribution >= 4 is 46.7 Å². The number of aryl methyl sites for hydroxylation is 1. The van der Waals surface area contributed by atoms with Crippen LogP contribution in [-0.2, 0) is 18.4 Å². The Kier molecular flexibility index (Phi) is 8.33. The predicted molar refractivity (Wildman–Crippen MR) is 130 cm³/mol. The van der Waals surface area contributed by atoms with E-state index in [9.17, 15) is 23.9 Å². The SMILES string of the molecule is CCOP(=O)(OCC)C(C(=O)N/C=C/c1ccc([N+](=O)[O-])c(F)c1)c1csc2ccc(C)cc12. The third-order valence-electron chi connectivity index (χ3n) is 4.91. The maximum absolute atomic E-state index is 13.9. The lowest BCUT2D eigenvalue weighted by Gasteiger charge is -2.25. The highest BCUT2D eigenvalue weighted by atomic mass is 32.1. The molecule has 180 valence electrons. The standard InChI is InChI=1S/C23H24FN2O6PS/c1-4-31-33(30,32-5-2)22(18-14-34-21-9-6-15(3)12-17(18)21)23(27)25-11-10-16-7-8-20(26(28)29)19(24)13-16/h6-14,22H,4-5H2,1-3H3,(H,25,27)/b11-10+. The number of hydrogen-bond donors (Lipinski definition) is 1. The molecule has 0 fully saturated rings. The number of halogens is 1. The van der Waals surface area contributed by atoms with Crippen molar-refractivity contribution in [2.45, 2.75) is 26.4 Å². The summed E-state index contributed by atoms with van der Waals surface area (Å²) in [6.45, 7) is 5.42. The van der Waals surface area contributed by atoms with E-state index in [0.29, 0.717) is 11.1 Å². The average Bonchev–Trinajstić information content (AvgIpc) is 3.16. The van der Waals surface area contributed by atoms with Crippen LogP contribution in [0.15, 0.2) is 48.0 Å². The third kappa shape index (κ3) is 5.59. The summed E-state index contributed by atoms with van der Waals surface area (Å²) >= 11 is 1.42. The van der Waals surface area contributed by atoms with Crippen LogP contribution in [0.3, 0.4) is 0 Å². The van der Waals surface area contributed by atoms with Crippen molar-refractivity contribution in [3.8, 4) is 0 Å². The quantitative estimate of drug-likeness (QED) is 0.195. The highest BCUT2D eigenvalue weighted by Gasteiger charge is 2.43. The van der Waals surface area contributed by atoms with E-state index in [0.717, 1.165) is 27.8 Å². The van der Waals surface area contributed by atoms with Gasteiger partial charge >= 0.3 is 13.3 Å². The first-order valence-corrected chi connectivity index (χ1v) is 13.0. The number of carbonyl (C=O) groups excluding carboxylic acids is 1. The summed E-state index contributed by atoms with van der Waals surface area (Å²) in [4.78, 5) is 23.3. The third-order valence-corrected chi connectivity index (χ3v) is 8.27. The lowest BCUT2D eigenvalue weighted by molar-refractivity contribution is -0.387. The van der Waals surface area contributed by atoms with Crippen molar-refractivity contribution in [2.75, 3.05) is 13.2 Å². The smallest absolute Gasteiger partial charge is 0.332 e. The fraction of sp³-hybridized carbons (Fsp3) is 0.261. The molecule has 1 N–H and O–H groups in total. The van der Waals surface area contributed by atoms with Gasteiger partial charge in [-0.25, -0.2) is 0 Å². The lowest BCUT2D eigenvalue weighted by atomic mass is 10.1. The summed E-state index contributed by atoms with van der Waals surface area (Å²) in [6, 6.07) is 9.18. The number of nitro benzene ring substituents is 1. The Hall–Kier alpha value is -2.91. The van der Waals surface area contributed by atoms with Crippen molar-refractivity contribution in [1.82, 2.24) is 5.32 Å². The number of nitro groups is 1. The van der Waals surface area contributed by atoms with Gasteiger partial charge in [-0.3, -0.25) is 19.5 Å². The normalized spacial score (nSPS) is 12.8. The number of carbonyl (C=O) groups is 1. The van der Waals surface area contributed by atoms with Crippen molar-refractivity contribution in [1.29, 1.82) is 0 Å². The van der Waals surface area contributed by atoms with E-state index in [4.69, 9.17) is 9.05 Å². The van der Waals surface area contributed by atoms with Crippen LogP contribution >= 0.6 is 18.9 Å². The van der Waals surface area contributed by atoms with Gasteiger partial charge in [0.25, 0.3) is 0 Å². The molecule has 3 rings (SSSR count). The van der Waals surface area contributed by atoms with Crippen LogP contribution < -0.4 is 5.32 Å². The predicted octanol–water partition coefficient (Wildman–Crippen LogP) is 6.35. The fourth-order valence-corrected chi connectivity index (χ4v) is 6.53. The first kappa shape index (κ1) is 25.7. The minimum absolute atomic E-state index is 0.0834. The highest BCUT2D eigenvalue weighted by Crippen LogP contribution is 2.62. The van der Waals surface area contributed by atoms with E-state index in [1.807, 2.05) is 25.1 Å². The summed E-state index contributed by atoms with van der Waals surface area (Å²) in [5.41, 5.74) is -0.0685. The van der Waals surface area contributed by atoms with Crippen molar-refractivity contribution in [2.24, 2.45) is 0 Å². The Morgan fingerprint density at radius 3 is 2.56 bits per heavy atom. The van der Waals surface area contributed by atoms with Gasteiger partial charge in [-0.1, -0.05) is 17.7 Å². The Morgan fingerprint density at radius 1 is 1.24 bits per heavy atom. The summed E-state index contributed by atoms with van der Waals surface area (Å²) in [5.74, 6) is -1.61. The molecule has 34 heavy (non-hydrogen) atoms. The fourth-order valence-electron chi connectivity index (χ4n) is 3.45. The summed E-state index contributed by atoms with van der Waals surface area (Å²) in [6.07, 6.45) is 2.64. The molecule has 11 heteroatoms. The van der Waals surface area contributed by atoms with E-state index < -0.39 is 35.6 Å². The topological polar surface area (TPSA) is 108 Å². The molecule has 0 bridgehead atoms. The highest BCUT2D eigenvalue weighted by molar-refractivity contribution is 7.55. The zero-order valence-corrected chi connectivity index (χ0v) is 20.5. The van der Waals surface area contributed by atoms with E-state index in [-0.39, 0.29) is 13.2 Å². The Morgan fingerprint density at radius 2 is 1.94 bits per heavy atom. The zero-order chi connectivity index (χ0) is 24.9. The van der Waals surface area contributed by atoms with Crippen LogP contribution in [0.4, 0.5) is 10.1 Å². The molecule has 0 saturated heterocycles. The van der Waals surface area contributed by atoms with Crippen LogP contribution in [0.2, 0.25) is 0 Å². The molecule has 1 amide bonds. The van der Waals surface area contributed by atoms with Crippen molar-refractivity contribution in [3.63, 3.8) is 0 Å². The van der Waals surface area contributed by atoms with Gasteiger partial charge in [0.1, 0.15) is 0 Å². The minimum atomic E-state index is -3.91. The molecule has 0 saturated carbocycles. The van der Waals surface area contributed by atoms with E-state index in [1.165, 1.54) is 29.7 Å². The van der Waals surface area contributed by atoms with E-state index >= 15 is 0 Å². The number of thiophene rings is 1. The maximum atomic E-state index is 13.9. The number of fused-ring (bicyclic) bond motifs is 1. The zero-order valence-electron chi connectivity index (χ0n) is 18.8. The van der Waals surface area contributed by atoms with Gasteiger partial charge in [-0.2, -0.15) is 4.39 Å². The van der Waals surface area contributed by atoms with Gasteiger partial charge in [-0.05, 0) is 66.9 Å². The van der Waals surface area contributed by atoms with Gasteiger partial charge in [0, 0.05) is 17.0 Å². The molecular weight excluding hydrogens is 482 g/mol. The van der Waals surface area contributed by atoms with Gasteiger partial charge in [-0.15, -0.1) is 11.3 Å². The van der Waals surface area contributed by atoms with Crippen LogP contribution in [0.5, 0.6) is 0 Å². The molecular formula is C23H24FN2O6PS. The second kappa shape index (κ2) is 11.0. The number of nitrogens with one attached hydrogen (secondary N) is 1. The Balaban J connectivity index is 1.96. The molecule has 1 heterocycles. The summed E-state index contributed by atoms with van der Waals surface area (Å²) in [7, 11) is -3.91. The van der Waals surface area contributed by atoms with Crippen molar-refractivity contribution < 1.29 is 27.7 Å². The van der Waals surface area contributed by atoms with E-state index in [2.05, 4.69) is 5.32 Å². The van der Waals surface area contributed by atoms with Crippen LogP contribution in [0.1, 0.15) is 36.2 Å². The summed E-state index contributed by atoms with van der Waals surface area (Å²) in [5, 5.41) is 15.9. The Bertz CT molecular complexity index is 1280. The average molecular weight is 506 g/mol. The molecule has 0 aliphatic rings. The lowest BCUT2D eigenvalue weighted by Crippen LogP contribution is -2.26. The molecule has 1 aromatic heterocycles. The van der Waals surface area contributed by atoms with E-state index in [1.54, 1.807) is 19.2 Å². The van der Waals surface area contributed by atoms with Gasteiger partial charge in [0.15, 0.2) is 5.66 Å². The largest absolute Gasteiger partial charge is 0.347 e. The summed E-state index contributed by atoms with van der Waals surface area (Å²) < 4.78 is 39.5. The first-order valence-electron chi connectivity index (χ1n) is 10.5. The molecule has 8 nitrogen and oxygen atoms in total. The number of rotatable bonds is 10. The molecule has 0 aliphatic carbocycles. The second-order valence-electron chi connectivity index (χ2n) is 7.28. The molecule has 1 unspecified atom stereocenters.